The number of nitriles is 1. The van der Waals surface area contributed by atoms with Crippen LogP contribution in [0.3, 0.4) is 0 Å². The highest BCUT2D eigenvalue weighted by molar-refractivity contribution is 6.34. The number of aromatic nitrogens is 2. The van der Waals surface area contributed by atoms with Crippen molar-refractivity contribution in [2.75, 3.05) is 4.90 Å². The number of carbonyl (C=O) groups is 2. The van der Waals surface area contributed by atoms with Crippen molar-refractivity contribution in [3.05, 3.63) is 94.3 Å². The monoisotopic (exact) mass is 418 g/mol. The predicted molar refractivity (Wildman–Crippen MR) is 120 cm³/mol. The first-order chi connectivity index (χ1) is 15.7. The van der Waals surface area contributed by atoms with Crippen molar-refractivity contribution in [3.8, 4) is 6.07 Å². The van der Waals surface area contributed by atoms with Gasteiger partial charge in [0.2, 0.25) is 0 Å². The van der Waals surface area contributed by atoms with Crippen molar-refractivity contribution < 1.29 is 9.59 Å². The summed E-state index contributed by atoms with van der Waals surface area (Å²) in [5, 5.41) is 10.4. The Morgan fingerprint density at radius 2 is 1.75 bits per heavy atom. The van der Waals surface area contributed by atoms with Gasteiger partial charge in [-0.3, -0.25) is 9.59 Å². The lowest BCUT2D eigenvalue weighted by atomic mass is 10.1. The zero-order valence-corrected chi connectivity index (χ0v) is 17.2. The fourth-order valence-electron chi connectivity index (χ4n) is 5.03. The zero-order valence-electron chi connectivity index (χ0n) is 17.2. The van der Waals surface area contributed by atoms with Crippen molar-refractivity contribution >= 4 is 28.5 Å². The number of hydrogen-bond donors (Lipinski definition) is 0. The molecular weight excluding hydrogens is 400 g/mol. The van der Waals surface area contributed by atoms with Crippen LogP contribution in [-0.2, 0) is 19.4 Å². The molecule has 0 spiro atoms. The van der Waals surface area contributed by atoms with Crippen LogP contribution in [-0.4, -0.2) is 21.4 Å². The number of fused-ring (bicyclic) bond motifs is 4. The van der Waals surface area contributed by atoms with E-state index >= 15 is 0 Å². The summed E-state index contributed by atoms with van der Waals surface area (Å²) in [6, 6.07) is 18.6. The minimum atomic E-state index is -0.341. The van der Waals surface area contributed by atoms with E-state index in [-0.39, 0.29) is 11.8 Å². The van der Waals surface area contributed by atoms with Crippen LogP contribution in [0.5, 0.6) is 0 Å². The van der Waals surface area contributed by atoms with Gasteiger partial charge in [0.25, 0.3) is 11.8 Å². The SMILES string of the molecule is N#Cc1ccc2c(c1)c1c(n2Cc2cccnc2N2C(=O)c3ccccc3C2=O)CCC1. The van der Waals surface area contributed by atoms with Crippen LogP contribution in [0.25, 0.3) is 10.9 Å². The summed E-state index contributed by atoms with van der Waals surface area (Å²) in [6.07, 6.45) is 4.65. The number of aryl methyl sites for hydroxylation is 1. The minimum absolute atomic E-state index is 0.341. The van der Waals surface area contributed by atoms with Gasteiger partial charge in [-0.25, -0.2) is 9.88 Å². The molecule has 0 saturated heterocycles. The summed E-state index contributed by atoms with van der Waals surface area (Å²) in [6.45, 7) is 0.494. The molecule has 2 amide bonds. The van der Waals surface area contributed by atoms with E-state index in [2.05, 4.69) is 15.6 Å². The number of imide groups is 1. The zero-order chi connectivity index (χ0) is 21.8. The standard InChI is InChI=1S/C26H18N4O2/c27-14-16-10-11-23-21(13-16)18-8-3-9-22(18)29(23)15-17-5-4-12-28-24(17)30-25(31)19-6-1-2-7-20(19)26(30)32/h1-2,4-7,10-13H,3,8-9,15H2. The van der Waals surface area contributed by atoms with Crippen molar-refractivity contribution in [1.82, 2.24) is 9.55 Å². The van der Waals surface area contributed by atoms with Crippen molar-refractivity contribution in [2.24, 2.45) is 0 Å². The van der Waals surface area contributed by atoms with Crippen LogP contribution in [0.1, 0.15) is 49.5 Å². The minimum Gasteiger partial charge on any atom is -0.340 e. The molecule has 6 heteroatoms. The summed E-state index contributed by atoms with van der Waals surface area (Å²) in [4.78, 5) is 31.8. The smallest absolute Gasteiger partial charge is 0.267 e. The third-order valence-corrected chi connectivity index (χ3v) is 6.46. The third kappa shape index (κ3) is 2.55. The molecule has 0 atom stereocenters. The van der Waals surface area contributed by atoms with Crippen LogP contribution in [0.2, 0.25) is 0 Å². The molecule has 154 valence electrons. The lowest BCUT2D eigenvalue weighted by Gasteiger charge is -2.18. The molecule has 0 saturated carbocycles. The highest BCUT2D eigenvalue weighted by Gasteiger charge is 2.38. The Bertz CT molecular complexity index is 1460. The molecular formula is C26H18N4O2. The normalized spacial score (nSPS) is 14.7. The first-order valence-electron chi connectivity index (χ1n) is 10.6. The van der Waals surface area contributed by atoms with Crippen LogP contribution >= 0.6 is 0 Å². The van der Waals surface area contributed by atoms with Crippen molar-refractivity contribution in [2.45, 2.75) is 25.8 Å². The fraction of sp³-hybridized carbons (Fsp3) is 0.154. The molecule has 0 radical (unpaired) electrons. The van der Waals surface area contributed by atoms with Gasteiger partial charge in [-0.2, -0.15) is 5.26 Å². The molecule has 1 aliphatic carbocycles. The molecule has 0 unspecified atom stereocenters. The van der Waals surface area contributed by atoms with E-state index < -0.39 is 0 Å². The first kappa shape index (κ1) is 18.5. The Morgan fingerprint density at radius 3 is 2.50 bits per heavy atom. The number of anilines is 1. The summed E-state index contributed by atoms with van der Waals surface area (Å²) in [5.41, 5.74) is 5.88. The van der Waals surface area contributed by atoms with E-state index in [0.717, 1.165) is 35.7 Å². The molecule has 2 aromatic carbocycles. The lowest BCUT2D eigenvalue weighted by Crippen LogP contribution is -2.31. The number of hydrogen-bond acceptors (Lipinski definition) is 4. The molecule has 2 aromatic heterocycles. The van der Waals surface area contributed by atoms with Crippen molar-refractivity contribution in [1.29, 1.82) is 5.26 Å². The average Bonchev–Trinajstić information content (AvgIpc) is 3.48. The fourth-order valence-corrected chi connectivity index (χ4v) is 5.03. The van der Waals surface area contributed by atoms with Gasteiger partial charge in [0, 0.05) is 28.4 Å². The summed E-state index contributed by atoms with van der Waals surface area (Å²) in [5.74, 6) is -0.306. The Labute approximate surface area is 184 Å². The molecule has 0 fully saturated rings. The third-order valence-electron chi connectivity index (χ3n) is 6.46. The van der Waals surface area contributed by atoms with E-state index in [1.54, 1.807) is 30.5 Å². The van der Waals surface area contributed by atoms with Gasteiger partial charge in [-0.1, -0.05) is 18.2 Å². The lowest BCUT2D eigenvalue weighted by molar-refractivity contribution is 0.0924. The molecule has 6 nitrogen and oxygen atoms in total. The van der Waals surface area contributed by atoms with Gasteiger partial charge in [-0.15, -0.1) is 0 Å². The van der Waals surface area contributed by atoms with Gasteiger partial charge in [0.05, 0.1) is 29.3 Å². The van der Waals surface area contributed by atoms with Gasteiger partial charge >= 0.3 is 0 Å². The number of carbonyl (C=O) groups excluding carboxylic acids is 2. The maximum Gasteiger partial charge on any atom is 0.267 e. The summed E-state index contributed by atoms with van der Waals surface area (Å²) in [7, 11) is 0. The maximum absolute atomic E-state index is 13.1. The van der Waals surface area contributed by atoms with Gasteiger partial charge in [0.1, 0.15) is 5.82 Å². The highest BCUT2D eigenvalue weighted by Crippen LogP contribution is 2.36. The molecule has 3 heterocycles. The van der Waals surface area contributed by atoms with Crippen LogP contribution < -0.4 is 4.90 Å². The van der Waals surface area contributed by atoms with Gasteiger partial charge in [-0.05, 0) is 61.2 Å². The number of benzene rings is 2. The Balaban J connectivity index is 1.47. The van der Waals surface area contributed by atoms with E-state index in [9.17, 15) is 14.9 Å². The number of pyridine rings is 1. The van der Waals surface area contributed by atoms with Crippen LogP contribution in [0, 0.1) is 11.3 Å². The first-order valence-corrected chi connectivity index (χ1v) is 10.6. The van der Waals surface area contributed by atoms with E-state index in [1.165, 1.54) is 16.2 Å². The molecule has 32 heavy (non-hydrogen) atoms. The van der Waals surface area contributed by atoms with Gasteiger partial charge in [0.15, 0.2) is 0 Å². The molecule has 2 aliphatic rings. The summed E-state index contributed by atoms with van der Waals surface area (Å²) < 4.78 is 2.25. The van der Waals surface area contributed by atoms with Crippen LogP contribution in [0.15, 0.2) is 60.8 Å². The summed E-state index contributed by atoms with van der Waals surface area (Å²) >= 11 is 0. The number of amides is 2. The van der Waals surface area contributed by atoms with E-state index in [4.69, 9.17) is 0 Å². The van der Waals surface area contributed by atoms with Crippen LogP contribution in [0.4, 0.5) is 5.82 Å². The second-order valence-corrected chi connectivity index (χ2v) is 8.19. The maximum atomic E-state index is 13.1. The average molecular weight is 418 g/mol. The second kappa shape index (κ2) is 6.89. The molecule has 0 bridgehead atoms. The van der Waals surface area contributed by atoms with Crippen molar-refractivity contribution in [3.63, 3.8) is 0 Å². The van der Waals surface area contributed by atoms with Gasteiger partial charge < -0.3 is 4.57 Å². The predicted octanol–water partition coefficient (Wildman–Crippen LogP) is 4.25. The van der Waals surface area contributed by atoms with E-state index in [1.807, 2.05) is 30.3 Å². The van der Waals surface area contributed by atoms with E-state index in [0.29, 0.717) is 29.1 Å². The molecule has 4 aromatic rings. The highest BCUT2D eigenvalue weighted by atomic mass is 16.2. The Kier molecular flexibility index (Phi) is 3.99. The number of rotatable bonds is 3. The molecule has 1 aliphatic heterocycles. The quantitative estimate of drug-likeness (QED) is 0.466. The second-order valence-electron chi connectivity index (χ2n) is 8.19. The topological polar surface area (TPSA) is 79.0 Å². The number of nitrogens with zero attached hydrogens (tertiary/aromatic N) is 4. The largest absolute Gasteiger partial charge is 0.340 e. The Hall–Kier alpha value is -4.24. The Morgan fingerprint density at radius 1 is 0.969 bits per heavy atom. The molecule has 6 rings (SSSR count). The molecule has 0 N–H and O–H groups in total.